The van der Waals surface area contributed by atoms with Crippen molar-refractivity contribution in [2.45, 2.75) is 48.5 Å². The van der Waals surface area contributed by atoms with Crippen molar-refractivity contribution in [2.75, 3.05) is 0 Å². The fourth-order valence-electron chi connectivity index (χ4n) is 2.08. The number of carbonyl (C=O) groups is 2. The van der Waals surface area contributed by atoms with Crippen LogP contribution in [0.3, 0.4) is 0 Å². The van der Waals surface area contributed by atoms with E-state index in [-0.39, 0.29) is 22.4 Å². The minimum Gasteiger partial charge on any atom is -0.295 e. The lowest BCUT2D eigenvalue weighted by molar-refractivity contribution is -0.114. The molecule has 0 radical (unpaired) electrons. The van der Waals surface area contributed by atoms with E-state index in [1.54, 1.807) is 6.08 Å². The van der Waals surface area contributed by atoms with Gasteiger partial charge in [0.25, 0.3) is 0 Å². The molecule has 0 aromatic carbocycles. The summed E-state index contributed by atoms with van der Waals surface area (Å²) in [4.78, 5) is 23.9. The van der Waals surface area contributed by atoms with Crippen molar-refractivity contribution in [3.63, 3.8) is 0 Å². The summed E-state index contributed by atoms with van der Waals surface area (Å²) < 4.78 is 0. The number of rotatable bonds is 1. The van der Waals surface area contributed by atoms with E-state index in [0.29, 0.717) is 0 Å². The number of Topliss-reactive ketones (excluding diaryl/α,β-unsaturated/α-hetero) is 1. The normalized spacial score (nSPS) is 17.0. The first-order valence-corrected chi connectivity index (χ1v) is 6.64. The summed E-state index contributed by atoms with van der Waals surface area (Å²) in [6, 6.07) is 0. The van der Waals surface area contributed by atoms with Gasteiger partial charge in [-0.25, -0.2) is 0 Å². The molecule has 0 bridgehead atoms. The van der Waals surface area contributed by atoms with Crippen LogP contribution in [-0.4, -0.2) is 11.6 Å². The standard InChI is InChI=1S/C17H24O2/c1-11(18)8-12-9-13(16(2,3)4)15(19)14(10-12)17(5,6)7/h8-10H,1-7H3. The Labute approximate surface area is 116 Å². The van der Waals surface area contributed by atoms with E-state index in [0.717, 1.165) is 16.7 Å². The molecule has 0 aliphatic heterocycles. The van der Waals surface area contributed by atoms with Crippen molar-refractivity contribution in [3.05, 3.63) is 34.9 Å². The first-order valence-electron chi connectivity index (χ1n) is 6.64. The van der Waals surface area contributed by atoms with Crippen LogP contribution in [0.25, 0.3) is 0 Å². The summed E-state index contributed by atoms with van der Waals surface area (Å²) in [5, 5.41) is 0. The van der Waals surface area contributed by atoms with Crippen LogP contribution in [0.2, 0.25) is 0 Å². The monoisotopic (exact) mass is 260 g/mol. The fourth-order valence-corrected chi connectivity index (χ4v) is 2.08. The highest BCUT2D eigenvalue weighted by Gasteiger charge is 2.33. The predicted molar refractivity (Wildman–Crippen MR) is 78.8 cm³/mol. The van der Waals surface area contributed by atoms with E-state index in [4.69, 9.17) is 0 Å². The van der Waals surface area contributed by atoms with Gasteiger partial charge in [0.15, 0.2) is 11.6 Å². The van der Waals surface area contributed by atoms with Gasteiger partial charge in [0, 0.05) is 11.1 Å². The Kier molecular flexibility index (Phi) is 4.04. The molecule has 1 rings (SSSR count). The maximum atomic E-state index is 12.6. The molecule has 0 unspecified atom stereocenters. The molecule has 0 aromatic heterocycles. The minimum atomic E-state index is -0.224. The molecule has 0 amide bonds. The summed E-state index contributed by atoms with van der Waals surface area (Å²) in [6.45, 7) is 13.7. The van der Waals surface area contributed by atoms with Gasteiger partial charge in [-0.1, -0.05) is 41.5 Å². The van der Waals surface area contributed by atoms with Crippen LogP contribution in [0.5, 0.6) is 0 Å². The molecular weight excluding hydrogens is 236 g/mol. The lowest BCUT2D eigenvalue weighted by Crippen LogP contribution is -2.28. The van der Waals surface area contributed by atoms with Crippen molar-refractivity contribution in [1.29, 1.82) is 0 Å². The molecule has 0 spiro atoms. The molecule has 1 aliphatic rings. The third-order valence-corrected chi connectivity index (χ3v) is 3.10. The van der Waals surface area contributed by atoms with Crippen LogP contribution in [-0.2, 0) is 9.59 Å². The van der Waals surface area contributed by atoms with Gasteiger partial charge >= 0.3 is 0 Å². The van der Waals surface area contributed by atoms with Crippen LogP contribution in [0, 0.1) is 10.8 Å². The smallest absolute Gasteiger partial charge is 0.186 e. The van der Waals surface area contributed by atoms with Gasteiger partial charge in [-0.2, -0.15) is 0 Å². The molecule has 0 atom stereocenters. The Morgan fingerprint density at radius 2 is 1.32 bits per heavy atom. The zero-order chi connectivity index (χ0) is 15.0. The number of carbonyl (C=O) groups excluding carboxylic acids is 2. The Morgan fingerprint density at radius 3 is 1.58 bits per heavy atom. The molecule has 104 valence electrons. The van der Waals surface area contributed by atoms with E-state index in [1.165, 1.54) is 6.92 Å². The van der Waals surface area contributed by atoms with Gasteiger partial charge in [-0.15, -0.1) is 0 Å². The highest BCUT2D eigenvalue weighted by Crippen LogP contribution is 2.38. The second-order valence-electron chi connectivity index (χ2n) is 7.20. The zero-order valence-corrected chi connectivity index (χ0v) is 13.0. The van der Waals surface area contributed by atoms with Gasteiger partial charge in [-0.3, -0.25) is 9.59 Å². The third kappa shape index (κ3) is 3.76. The van der Waals surface area contributed by atoms with E-state index >= 15 is 0 Å². The van der Waals surface area contributed by atoms with Gasteiger partial charge in [0.05, 0.1) is 0 Å². The average molecular weight is 260 g/mol. The first-order chi connectivity index (χ1) is 8.43. The van der Waals surface area contributed by atoms with E-state index < -0.39 is 0 Å². The SMILES string of the molecule is CC(=O)C=C1C=C(C(C)(C)C)C(=O)C(C(C)(C)C)=C1. The van der Waals surface area contributed by atoms with Gasteiger partial charge < -0.3 is 0 Å². The van der Waals surface area contributed by atoms with Crippen molar-refractivity contribution in [3.8, 4) is 0 Å². The fraction of sp³-hybridized carbons (Fsp3) is 0.529. The summed E-state index contributed by atoms with van der Waals surface area (Å²) in [6.07, 6.45) is 5.28. The Balaban J connectivity index is 3.43. The summed E-state index contributed by atoms with van der Waals surface area (Å²) >= 11 is 0. The number of allylic oxidation sites excluding steroid dienone is 6. The second-order valence-corrected chi connectivity index (χ2v) is 7.20. The van der Waals surface area contributed by atoms with Crippen LogP contribution in [0.4, 0.5) is 0 Å². The van der Waals surface area contributed by atoms with Gasteiger partial charge in [0.1, 0.15) is 0 Å². The van der Waals surface area contributed by atoms with E-state index in [1.807, 2.05) is 53.7 Å². The average Bonchev–Trinajstić information content (AvgIpc) is 2.16. The van der Waals surface area contributed by atoms with Crippen LogP contribution < -0.4 is 0 Å². The van der Waals surface area contributed by atoms with Crippen LogP contribution in [0.15, 0.2) is 34.9 Å². The van der Waals surface area contributed by atoms with Crippen molar-refractivity contribution < 1.29 is 9.59 Å². The number of hydrogen-bond donors (Lipinski definition) is 0. The zero-order valence-electron chi connectivity index (χ0n) is 13.0. The van der Waals surface area contributed by atoms with Gasteiger partial charge in [-0.05, 0) is 41.6 Å². The molecule has 2 heteroatoms. The van der Waals surface area contributed by atoms with E-state index in [2.05, 4.69) is 0 Å². The lowest BCUT2D eigenvalue weighted by Gasteiger charge is -2.31. The van der Waals surface area contributed by atoms with Crippen LogP contribution >= 0.6 is 0 Å². The summed E-state index contributed by atoms with van der Waals surface area (Å²) in [5.41, 5.74) is 1.91. The first kappa shape index (κ1) is 15.6. The maximum absolute atomic E-state index is 12.6. The van der Waals surface area contributed by atoms with Crippen LogP contribution in [0.1, 0.15) is 48.5 Å². The third-order valence-electron chi connectivity index (χ3n) is 3.10. The van der Waals surface area contributed by atoms with Gasteiger partial charge in [0.2, 0.25) is 0 Å². The molecular formula is C17H24O2. The van der Waals surface area contributed by atoms with E-state index in [9.17, 15) is 9.59 Å². The molecule has 1 aliphatic carbocycles. The number of ketones is 2. The van der Waals surface area contributed by atoms with Crippen molar-refractivity contribution >= 4 is 11.6 Å². The predicted octanol–water partition coefficient (Wildman–Crippen LogP) is 4.03. The molecule has 0 aromatic rings. The maximum Gasteiger partial charge on any atom is 0.186 e. The Hall–Kier alpha value is -1.44. The Bertz CT molecular complexity index is 464. The van der Waals surface area contributed by atoms with Crippen molar-refractivity contribution in [1.82, 2.24) is 0 Å². The molecule has 0 N–H and O–H groups in total. The molecule has 19 heavy (non-hydrogen) atoms. The summed E-state index contributed by atoms with van der Waals surface area (Å²) in [5.74, 6) is 0.0964. The van der Waals surface area contributed by atoms with Crippen molar-refractivity contribution in [2.24, 2.45) is 10.8 Å². The molecule has 0 fully saturated rings. The molecule has 2 nitrogen and oxygen atoms in total. The quantitative estimate of drug-likeness (QED) is 0.667. The minimum absolute atomic E-state index is 0.00151. The lowest BCUT2D eigenvalue weighted by atomic mass is 9.72. The molecule has 0 saturated carbocycles. The molecule has 0 saturated heterocycles. The Morgan fingerprint density at radius 1 is 0.947 bits per heavy atom. The highest BCUT2D eigenvalue weighted by molar-refractivity contribution is 6.12. The summed E-state index contributed by atoms with van der Waals surface area (Å²) in [7, 11) is 0. The topological polar surface area (TPSA) is 34.1 Å². The molecule has 0 heterocycles. The number of hydrogen-bond acceptors (Lipinski definition) is 2. The largest absolute Gasteiger partial charge is 0.295 e. The highest BCUT2D eigenvalue weighted by atomic mass is 16.1. The second kappa shape index (κ2) is 4.92.